The molecule has 1 aromatic carbocycles. The summed E-state index contributed by atoms with van der Waals surface area (Å²) >= 11 is 5.29. The van der Waals surface area contributed by atoms with Crippen molar-refractivity contribution in [2.75, 3.05) is 0 Å². The van der Waals surface area contributed by atoms with Crippen LogP contribution < -0.4 is 5.73 Å². The highest BCUT2D eigenvalue weighted by atomic mass is 32.1. The molecule has 4 heteroatoms. The van der Waals surface area contributed by atoms with E-state index in [4.69, 9.17) is 18.0 Å². The van der Waals surface area contributed by atoms with Crippen molar-refractivity contribution in [3.8, 4) is 0 Å². The van der Waals surface area contributed by atoms with Crippen molar-refractivity contribution < 1.29 is 4.79 Å². The Morgan fingerprint density at radius 2 is 1.67 bits per heavy atom. The molecule has 21 heavy (non-hydrogen) atoms. The SMILES string of the molecule is CCCC(CCC)(C(=O)N1Cc2ccccc2C1)C(N)=S. The lowest BCUT2D eigenvalue weighted by atomic mass is 9.77. The molecule has 3 nitrogen and oxygen atoms in total. The maximum Gasteiger partial charge on any atom is 0.236 e. The summed E-state index contributed by atoms with van der Waals surface area (Å²) in [5.41, 5.74) is 7.80. The lowest BCUT2D eigenvalue weighted by Gasteiger charge is -2.34. The van der Waals surface area contributed by atoms with E-state index in [0.717, 1.165) is 25.7 Å². The zero-order chi connectivity index (χ0) is 15.5. The molecule has 1 amide bonds. The molecule has 0 atom stereocenters. The van der Waals surface area contributed by atoms with Crippen LogP contribution in [0, 0.1) is 5.41 Å². The van der Waals surface area contributed by atoms with Crippen LogP contribution in [0.4, 0.5) is 0 Å². The van der Waals surface area contributed by atoms with Crippen LogP contribution in [0.15, 0.2) is 24.3 Å². The molecule has 1 aliphatic rings. The predicted octanol–water partition coefficient (Wildman–Crippen LogP) is 3.40. The molecular formula is C17H24N2OS. The normalized spacial score (nSPS) is 14.1. The van der Waals surface area contributed by atoms with Gasteiger partial charge in [-0.2, -0.15) is 0 Å². The van der Waals surface area contributed by atoms with Crippen molar-refractivity contribution in [2.24, 2.45) is 11.1 Å². The van der Waals surface area contributed by atoms with Crippen molar-refractivity contribution in [3.63, 3.8) is 0 Å². The minimum Gasteiger partial charge on any atom is -0.392 e. The monoisotopic (exact) mass is 304 g/mol. The number of hydrogen-bond donors (Lipinski definition) is 1. The summed E-state index contributed by atoms with van der Waals surface area (Å²) in [5.74, 6) is 0.106. The Labute approximate surface area is 132 Å². The van der Waals surface area contributed by atoms with Gasteiger partial charge in [0.25, 0.3) is 0 Å². The largest absolute Gasteiger partial charge is 0.392 e. The quantitative estimate of drug-likeness (QED) is 0.819. The number of carbonyl (C=O) groups excluding carboxylic acids is 1. The van der Waals surface area contributed by atoms with Gasteiger partial charge in [-0.1, -0.05) is 63.2 Å². The molecule has 0 saturated carbocycles. The number of fused-ring (bicyclic) bond motifs is 1. The third-order valence-corrected chi connectivity index (χ3v) is 4.75. The molecule has 0 fully saturated rings. The van der Waals surface area contributed by atoms with Gasteiger partial charge in [0.15, 0.2) is 0 Å². The van der Waals surface area contributed by atoms with Crippen LogP contribution in [-0.4, -0.2) is 15.8 Å². The molecule has 0 spiro atoms. The van der Waals surface area contributed by atoms with E-state index in [1.54, 1.807) is 0 Å². The van der Waals surface area contributed by atoms with Crippen LogP contribution in [0.3, 0.4) is 0 Å². The van der Waals surface area contributed by atoms with Crippen LogP contribution in [0.2, 0.25) is 0 Å². The average Bonchev–Trinajstić information content (AvgIpc) is 2.89. The number of benzene rings is 1. The first-order chi connectivity index (χ1) is 10.0. The van der Waals surface area contributed by atoms with Crippen LogP contribution >= 0.6 is 12.2 Å². The number of nitrogens with two attached hydrogens (primary N) is 1. The van der Waals surface area contributed by atoms with Crippen LogP contribution in [-0.2, 0) is 17.9 Å². The van der Waals surface area contributed by atoms with Gasteiger partial charge in [-0.3, -0.25) is 4.79 Å². The highest BCUT2D eigenvalue weighted by Gasteiger charge is 2.43. The van der Waals surface area contributed by atoms with Gasteiger partial charge in [0.05, 0.1) is 10.4 Å². The van der Waals surface area contributed by atoms with Crippen LogP contribution in [0.1, 0.15) is 50.7 Å². The number of hydrogen-bond acceptors (Lipinski definition) is 2. The fourth-order valence-corrected chi connectivity index (χ4v) is 3.62. The molecule has 0 radical (unpaired) electrons. The predicted molar refractivity (Wildman–Crippen MR) is 89.7 cm³/mol. The fourth-order valence-electron chi connectivity index (χ4n) is 3.32. The van der Waals surface area contributed by atoms with Crippen molar-refractivity contribution in [3.05, 3.63) is 35.4 Å². The topological polar surface area (TPSA) is 46.3 Å². The zero-order valence-corrected chi connectivity index (χ0v) is 13.7. The molecule has 0 aromatic heterocycles. The molecule has 0 aliphatic carbocycles. The molecular weight excluding hydrogens is 280 g/mol. The maximum atomic E-state index is 13.1. The van der Waals surface area contributed by atoms with E-state index in [9.17, 15) is 4.79 Å². The van der Waals surface area contributed by atoms with Gasteiger partial charge in [-0.25, -0.2) is 0 Å². The average molecular weight is 304 g/mol. The van der Waals surface area contributed by atoms with Gasteiger partial charge < -0.3 is 10.6 Å². The summed E-state index contributed by atoms with van der Waals surface area (Å²) in [7, 11) is 0. The standard InChI is InChI=1S/C17H24N2OS/c1-3-9-17(10-4-2,15(18)21)16(20)19-11-13-7-5-6-8-14(13)12-19/h5-8H,3-4,9-12H2,1-2H3,(H2,18,21). The third-order valence-electron chi connectivity index (χ3n) is 4.36. The van der Waals surface area contributed by atoms with Gasteiger partial charge >= 0.3 is 0 Å². The fraction of sp³-hybridized carbons (Fsp3) is 0.529. The Bertz CT molecular complexity index is 510. The first-order valence-electron chi connectivity index (χ1n) is 7.71. The molecule has 1 aromatic rings. The number of rotatable bonds is 6. The summed E-state index contributed by atoms with van der Waals surface area (Å²) in [6.45, 7) is 5.50. The van der Waals surface area contributed by atoms with E-state index in [-0.39, 0.29) is 5.91 Å². The van der Waals surface area contributed by atoms with Gasteiger partial charge in [-0.05, 0) is 24.0 Å². The van der Waals surface area contributed by atoms with Crippen molar-refractivity contribution >= 4 is 23.1 Å². The highest BCUT2D eigenvalue weighted by Crippen LogP contribution is 2.36. The van der Waals surface area contributed by atoms with Crippen molar-refractivity contribution in [1.29, 1.82) is 0 Å². The molecule has 0 unspecified atom stereocenters. The Morgan fingerprint density at radius 3 is 2.05 bits per heavy atom. The molecule has 2 N–H and O–H groups in total. The summed E-state index contributed by atoms with van der Waals surface area (Å²) in [5, 5.41) is 0. The Balaban J connectivity index is 2.26. The molecule has 2 rings (SSSR count). The van der Waals surface area contributed by atoms with Crippen LogP contribution in [0.25, 0.3) is 0 Å². The zero-order valence-electron chi connectivity index (χ0n) is 12.9. The minimum absolute atomic E-state index is 0.106. The van der Waals surface area contributed by atoms with Gasteiger partial charge in [0.1, 0.15) is 0 Å². The van der Waals surface area contributed by atoms with E-state index in [0.29, 0.717) is 18.1 Å². The first-order valence-corrected chi connectivity index (χ1v) is 8.12. The highest BCUT2D eigenvalue weighted by molar-refractivity contribution is 7.80. The molecule has 1 heterocycles. The second-order valence-electron chi connectivity index (χ2n) is 5.88. The van der Waals surface area contributed by atoms with Crippen LogP contribution in [0.5, 0.6) is 0 Å². The summed E-state index contributed by atoms with van der Waals surface area (Å²) in [4.78, 5) is 15.4. The van der Waals surface area contributed by atoms with Gasteiger partial charge in [0.2, 0.25) is 5.91 Å². The Hall–Kier alpha value is -1.42. The number of thiocarbonyl (C=S) groups is 1. The molecule has 1 aliphatic heterocycles. The minimum atomic E-state index is -0.666. The van der Waals surface area contributed by atoms with E-state index < -0.39 is 5.41 Å². The second kappa shape index (κ2) is 6.56. The first kappa shape index (κ1) is 16.0. The van der Waals surface area contributed by atoms with Gasteiger partial charge in [-0.15, -0.1) is 0 Å². The number of amides is 1. The Morgan fingerprint density at radius 1 is 1.19 bits per heavy atom. The molecule has 114 valence electrons. The van der Waals surface area contributed by atoms with E-state index in [1.807, 2.05) is 17.0 Å². The van der Waals surface area contributed by atoms with E-state index in [2.05, 4.69) is 26.0 Å². The number of carbonyl (C=O) groups is 1. The third kappa shape index (κ3) is 2.95. The van der Waals surface area contributed by atoms with E-state index >= 15 is 0 Å². The van der Waals surface area contributed by atoms with E-state index in [1.165, 1.54) is 11.1 Å². The Kier molecular flexibility index (Phi) is 4.99. The molecule has 0 saturated heterocycles. The lowest BCUT2D eigenvalue weighted by Crippen LogP contribution is -2.49. The lowest BCUT2D eigenvalue weighted by molar-refractivity contribution is -0.139. The van der Waals surface area contributed by atoms with Gasteiger partial charge in [0, 0.05) is 13.1 Å². The number of nitrogens with zero attached hydrogens (tertiary/aromatic N) is 1. The smallest absolute Gasteiger partial charge is 0.236 e. The van der Waals surface area contributed by atoms with Crippen molar-refractivity contribution in [1.82, 2.24) is 4.90 Å². The maximum absolute atomic E-state index is 13.1. The summed E-state index contributed by atoms with van der Waals surface area (Å²) in [6, 6.07) is 8.22. The molecule has 0 bridgehead atoms. The van der Waals surface area contributed by atoms with Crippen molar-refractivity contribution in [2.45, 2.75) is 52.6 Å². The second-order valence-corrected chi connectivity index (χ2v) is 6.32. The summed E-state index contributed by atoms with van der Waals surface area (Å²) in [6.07, 6.45) is 3.29. The summed E-state index contributed by atoms with van der Waals surface area (Å²) < 4.78 is 0.